The molecule has 0 atom stereocenters. The number of fused-ring (bicyclic) bond motifs is 1. The second-order valence-electron chi connectivity index (χ2n) is 7.73. The number of H-pyrrole nitrogens is 1. The second kappa shape index (κ2) is 8.19. The molecule has 0 radical (unpaired) electrons. The highest BCUT2D eigenvalue weighted by molar-refractivity contribution is 7.99. The van der Waals surface area contributed by atoms with Gasteiger partial charge in [0.05, 0.1) is 17.4 Å². The monoisotopic (exact) mass is 391 g/mol. The third-order valence-corrected chi connectivity index (χ3v) is 7.02. The number of nitrogens with one attached hydrogen (secondary N) is 2. The van der Waals surface area contributed by atoms with Crippen molar-refractivity contribution in [3.63, 3.8) is 0 Å². The number of aromatic amines is 1. The van der Waals surface area contributed by atoms with Crippen LogP contribution in [0.4, 0.5) is 10.1 Å². The Morgan fingerprint density at radius 2 is 1.93 bits per heavy atom. The predicted octanol–water partition coefficient (Wildman–Crippen LogP) is 3.95. The topological polar surface area (TPSA) is 78.0 Å². The summed E-state index contributed by atoms with van der Waals surface area (Å²) in [7, 11) is 0. The van der Waals surface area contributed by atoms with Gasteiger partial charge in [-0.3, -0.25) is 4.79 Å². The largest absolute Gasteiger partial charge is 0.393 e. The SMILES string of the molecule is O=c1[nH]c(CSC2CCC(O)CC2)nc2cc(NC3CCCC3)cc(F)c12. The standard InChI is InChI=1S/C20H26FN3O2S/c21-16-9-13(22-12-3-1-2-4-12)10-17-19(16)20(26)24-18(23-17)11-27-15-7-5-14(25)6-8-15/h9-10,12,14-15,22,25H,1-8,11H2,(H,23,24,26). The van der Waals surface area contributed by atoms with Gasteiger partial charge in [0.25, 0.3) is 5.56 Å². The quantitative estimate of drug-likeness (QED) is 0.719. The average molecular weight is 392 g/mol. The highest BCUT2D eigenvalue weighted by Gasteiger charge is 2.20. The van der Waals surface area contributed by atoms with Gasteiger partial charge in [-0.25, -0.2) is 9.37 Å². The Labute approximate surface area is 162 Å². The van der Waals surface area contributed by atoms with Gasteiger partial charge in [0.2, 0.25) is 0 Å². The molecule has 0 unspecified atom stereocenters. The maximum atomic E-state index is 14.5. The van der Waals surface area contributed by atoms with Crippen molar-refractivity contribution in [2.75, 3.05) is 5.32 Å². The minimum Gasteiger partial charge on any atom is -0.393 e. The number of anilines is 1. The van der Waals surface area contributed by atoms with Crippen molar-refractivity contribution in [3.8, 4) is 0 Å². The van der Waals surface area contributed by atoms with Crippen LogP contribution in [0, 0.1) is 5.82 Å². The van der Waals surface area contributed by atoms with Gasteiger partial charge in [0, 0.05) is 17.0 Å². The number of aromatic nitrogens is 2. The van der Waals surface area contributed by atoms with Gasteiger partial charge in [-0.2, -0.15) is 11.8 Å². The van der Waals surface area contributed by atoms with Crippen molar-refractivity contribution in [1.29, 1.82) is 0 Å². The lowest BCUT2D eigenvalue weighted by Gasteiger charge is -2.24. The van der Waals surface area contributed by atoms with Crippen LogP contribution >= 0.6 is 11.8 Å². The fraction of sp³-hybridized carbons (Fsp3) is 0.600. The molecule has 2 aromatic rings. The molecule has 0 aliphatic heterocycles. The molecule has 0 amide bonds. The van der Waals surface area contributed by atoms with Gasteiger partial charge < -0.3 is 15.4 Å². The molecule has 146 valence electrons. The van der Waals surface area contributed by atoms with E-state index >= 15 is 0 Å². The van der Waals surface area contributed by atoms with Crippen LogP contribution < -0.4 is 10.9 Å². The van der Waals surface area contributed by atoms with Crippen molar-refractivity contribution in [3.05, 3.63) is 34.1 Å². The summed E-state index contributed by atoms with van der Waals surface area (Å²) in [6.45, 7) is 0. The van der Waals surface area contributed by atoms with Crippen molar-refractivity contribution in [1.82, 2.24) is 9.97 Å². The average Bonchev–Trinajstić information content (AvgIpc) is 3.13. The van der Waals surface area contributed by atoms with E-state index in [4.69, 9.17) is 0 Å². The summed E-state index contributed by atoms with van der Waals surface area (Å²) in [4.78, 5) is 19.6. The van der Waals surface area contributed by atoms with Crippen LogP contribution in [-0.4, -0.2) is 32.5 Å². The molecule has 7 heteroatoms. The van der Waals surface area contributed by atoms with Crippen LogP contribution in [0.2, 0.25) is 0 Å². The lowest BCUT2D eigenvalue weighted by Crippen LogP contribution is -2.20. The molecular weight excluding hydrogens is 365 g/mol. The molecule has 1 heterocycles. The van der Waals surface area contributed by atoms with Crippen LogP contribution in [0.5, 0.6) is 0 Å². The predicted molar refractivity (Wildman–Crippen MR) is 108 cm³/mol. The summed E-state index contributed by atoms with van der Waals surface area (Å²) in [6, 6.07) is 3.57. The van der Waals surface area contributed by atoms with E-state index in [9.17, 15) is 14.3 Å². The maximum absolute atomic E-state index is 14.5. The number of hydrogen-bond acceptors (Lipinski definition) is 5. The molecule has 3 N–H and O–H groups in total. The highest BCUT2D eigenvalue weighted by Crippen LogP contribution is 2.30. The van der Waals surface area contributed by atoms with Crippen LogP contribution in [-0.2, 0) is 5.75 Å². The number of halogens is 1. The molecular formula is C20H26FN3O2S. The van der Waals surface area contributed by atoms with E-state index in [1.54, 1.807) is 17.8 Å². The van der Waals surface area contributed by atoms with Crippen LogP contribution in [0.1, 0.15) is 57.2 Å². The second-order valence-corrected chi connectivity index (χ2v) is 9.02. The van der Waals surface area contributed by atoms with Gasteiger partial charge in [-0.15, -0.1) is 0 Å². The zero-order chi connectivity index (χ0) is 18.8. The van der Waals surface area contributed by atoms with E-state index in [0.717, 1.165) is 38.5 Å². The zero-order valence-corrected chi connectivity index (χ0v) is 16.2. The summed E-state index contributed by atoms with van der Waals surface area (Å²) in [5.41, 5.74) is 0.693. The first-order valence-electron chi connectivity index (χ1n) is 9.87. The van der Waals surface area contributed by atoms with E-state index in [0.29, 0.717) is 34.1 Å². The Balaban J connectivity index is 1.52. The number of rotatable bonds is 5. The van der Waals surface area contributed by atoms with Gasteiger partial charge in [-0.05, 0) is 50.7 Å². The van der Waals surface area contributed by atoms with E-state index in [1.165, 1.54) is 18.9 Å². The van der Waals surface area contributed by atoms with E-state index in [2.05, 4.69) is 15.3 Å². The smallest absolute Gasteiger partial charge is 0.261 e. The van der Waals surface area contributed by atoms with Crippen molar-refractivity contribution < 1.29 is 9.50 Å². The Morgan fingerprint density at radius 3 is 2.67 bits per heavy atom. The third kappa shape index (κ3) is 4.46. The molecule has 2 aliphatic rings. The molecule has 5 nitrogen and oxygen atoms in total. The molecule has 0 bridgehead atoms. The molecule has 4 rings (SSSR count). The summed E-state index contributed by atoms with van der Waals surface area (Å²) in [5.74, 6) is 0.650. The van der Waals surface area contributed by atoms with Crippen molar-refractivity contribution in [2.45, 2.75) is 74.5 Å². The maximum Gasteiger partial charge on any atom is 0.261 e. The molecule has 2 aliphatic carbocycles. The van der Waals surface area contributed by atoms with Gasteiger partial charge >= 0.3 is 0 Å². The molecule has 2 saturated carbocycles. The van der Waals surface area contributed by atoms with Gasteiger partial charge in [0.15, 0.2) is 0 Å². The number of hydrogen-bond donors (Lipinski definition) is 3. The van der Waals surface area contributed by atoms with Gasteiger partial charge in [-0.1, -0.05) is 12.8 Å². The lowest BCUT2D eigenvalue weighted by molar-refractivity contribution is 0.132. The lowest BCUT2D eigenvalue weighted by atomic mass is 9.97. The van der Waals surface area contributed by atoms with Crippen LogP contribution in [0.3, 0.4) is 0 Å². The molecule has 1 aromatic carbocycles. The van der Waals surface area contributed by atoms with Crippen LogP contribution in [0.15, 0.2) is 16.9 Å². The first-order chi connectivity index (χ1) is 13.1. The number of thioether (sulfide) groups is 1. The number of aliphatic hydroxyl groups excluding tert-OH is 1. The summed E-state index contributed by atoms with van der Waals surface area (Å²) in [6.07, 6.45) is 8.05. The summed E-state index contributed by atoms with van der Waals surface area (Å²) in [5, 5.41) is 13.5. The van der Waals surface area contributed by atoms with Gasteiger partial charge in [0.1, 0.15) is 17.0 Å². The molecule has 1 aromatic heterocycles. The fourth-order valence-corrected chi connectivity index (χ4v) is 5.27. The summed E-state index contributed by atoms with van der Waals surface area (Å²) < 4.78 is 14.5. The Morgan fingerprint density at radius 1 is 1.19 bits per heavy atom. The highest BCUT2D eigenvalue weighted by atomic mass is 32.2. The first-order valence-corrected chi connectivity index (χ1v) is 10.9. The molecule has 0 spiro atoms. The Kier molecular flexibility index (Phi) is 5.68. The van der Waals surface area contributed by atoms with Crippen molar-refractivity contribution in [2.24, 2.45) is 0 Å². The van der Waals surface area contributed by atoms with Crippen molar-refractivity contribution >= 4 is 28.4 Å². The Hall–Kier alpha value is -1.60. The fourth-order valence-electron chi connectivity index (χ4n) is 4.14. The summed E-state index contributed by atoms with van der Waals surface area (Å²) >= 11 is 1.75. The zero-order valence-electron chi connectivity index (χ0n) is 15.3. The van der Waals surface area contributed by atoms with E-state index < -0.39 is 11.4 Å². The molecule has 2 fully saturated rings. The minimum atomic E-state index is -0.526. The number of aliphatic hydroxyl groups is 1. The van der Waals surface area contributed by atoms with E-state index in [1.807, 2.05) is 0 Å². The molecule has 27 heavy (non-hydrogen) atoms. The number of benzene rings is 1. The third-order valence-electron chi connectivity index (χ3n) is 5.64. The first kappa shape index (κ1) is 18.7. The minimum absolute atomic E-state index is 0.0292. The normalized spacial score (nSPS) is 23.8. The Bertz CT molecular complexity index is 858. The van der Waals surface area contributed by atoms with Crippen LogP contribution in [0.25, 0.3) is 10.9 Å². The van der Waals surface area contributed by atoms with E-state index in [-0.39, 0.29) is 11.5 Å². The molecule has 0 saturated heterocycles. The number of nitrogens with zero attached hydrogens (tertiary/aromatic N) is 1.